The van der Waals surface area contributed by atoms with Crippen molar-refractivity contribution in [3.63, 3.8) is 0 Å². The number of carbonyl (C=O) groups is 1. The van der Waals surface area contributed by atoms with Gasteiger partial charge in [-0.15, -0.1) is 0 Å². The molecule has 3 N–H and O–H groups in total. The van der Waals surface area contributed by atoms with Gasteiger partial charge < -0.3 is 11.1 Å². The zero-order valence-electron chi connectivity index (χ0n) is 12.4. The Bertz CT molecular complexity index is 634. The highest BCUT2D eigenvalue weighted by atomic mass is 35.5. The molecule has 118 valence electrons. The summed E-state index contributed by atoms with van der Waals surface area (Å²) in [5.74, 6) is 0.172. The molecule has 5 heteroatoms. The van der Waals surface area contributed by atoms with Crippen molar-refractivity contribution in [1.29, 1.82) is 0 Å². The smallest absolute Gasteiger partial charge is 0.254 e. The van der Waals surface area contributed by atoms with Crippen LogP contribution in [0, 0.1) is 17.7 Å². The van der Waals surface area contributed by atoms with Gasteiger partial charge in [-0.1, -0.05) is 17.7 Å². The Morgan fingerprint density at radius 3 is 2.59 bits per heavy atom. The summed E-state index contributed by atoms with van der Waals surface area (Å²) in [5, 5.41) is 3.10. The van der Waals surface area contributed by atoms with Crippen molar-refractivity contribution in [2.24, 2.45) is 17.6 Å². The molecule has 2 atom stereocenters. The van der Waals surface area contributed by atoms with E-state index in [9.17, 15) is 9.18 Å². The Balaban J connectivity index is 1.61. The highest BCUT2D eigenvalue weighted by Gasteiger charge is 2.56. The Morgan fingerprint density at radius 1 is 1.27 bits per heavy atom. The van der Waals surface area contributed by atoms with Crippen LogP contribution in [0.5, 0.6) is 0 Å². The van der Waals surface area contributed by atoms with E-state index >= 15 is 0 Å². The maximum atomic E-state index is 14.1. The average Bonchev–Trinajstić information content (AvgIpc) is 2.38. The van der Waals surface area contributed by atoms with Gasteiger partial charge in [0.2, 0.25) is 0 Å². The van der Waals surface area contributed by atoms with E-state index in [1.54, 1.807) is 6.07 Å². The highest BCUT2D eigenvalue weighted by molar-refractivity contribution is 6.31. The number of rotatable bonds is 2. The summed E-state index contributed by atoms with van der Waals surface area (Å²) in [6.07, 6.45) is 6.09. The van der Waals surface area contributed by atoms with Gasteiger partial charge in [-0.05, 0) is 62.5 Å². The van der Waals surface area contributed by atoms with E-state index in [-0.39, 0.29) is 27.6 Å². The van der Waals surface area contributed by atoms with Gasteiger partial charge in [-0.25, -0.2) is 4.39 Å². The first-order chi connectivity index (χ1) is 10.4. The molecule has 4 bridgehead atoms. The summed E-state index contributed by atoms with van der Waals surface area (Å²) in [6.45, 7) is 0. The average molecular weight is 323 g/mol. The lowest BCUT2D eigenvalue weighted by Gasteiger charge is -2.61. The summed E-state index contributed by atoms with van der Waals surface area (Å²) < 4.78 is 14.1. The van der Waals surface area contributed by atoms with Crippen molar-refractivity contribution in [2.75, 3.05) is 0 Å². The molecule has 4 aliphatic carbocycles. The first-order valence-electron chi connectivity index (χ1n) is 7.94. The van der Waals surface area contributed by atoms with Gasteiger partial charge in [0.1, 0.15) is 0 Å². The van der Waals surface area contributed by atoms with Crippen LogP contribution in [0.15, 0.2) is 18.2 Å². The fourth-order valence-electron chi connectivity index (χ4n) is 5.47. The molecule has 0 spiro atoms. The second-order valence-electron chi connectivity index (χ2n) is 7.66. The molecule has 3 nitrogen and oxygen atoms in total. The van der Waals surface area contributed by atoms with E-state index in [4.69, 9.17) is 17.3 Å². The topological polar surface area (TPSA) is 55.1 Å². The van der Waals surface area contributed by atoms with Crippen molar-refractivity contribution < 1.29 is 9.18 Å². The molecule has 0 aromatic heterocycles. The lowest BCUT2D eigenvalue weighted by atomic mass is 9.50. The number of halogens is 2. The Hall–Kier alpha value is -1.13. The van der Waals surface area contributed by atoms with Crippen LogP contribution in [0.4, 0.5) is 4.39 Å². The van der Waals surface area contributed by atoms with Crippen LogP contribution in [0.2, 0.25) is 5.02 Å². The minimum atomic E-state index is -0.645. The molecular formula is C17H20ClFN2O. The number of nitrogens with two attached hydrogens (primary N) is 1. The van der Waals surface area contributed by atoms with Gasteiger partial charge in [0, 0.05) is 11.1 Å². The standard InChI is InChI=1S/C17H20ClFN2O/c18-13-3-1-2-12(14(13)19)15(22)21-17-7-10-4-11(8-17)6-16(20,5-10)9-17/h1-3,10-11H,4-9,20H2,(H,21,22). The van der Waals surface area contributed by atoms with E-state index in [1.165, 1.54) is 18.6 Å². The quantitative estimate of drug-likeness (QED) is 0.878. The molecule has 1 amide bonds. The lowest BCUT2D eigenvalue weighted by molar-refractivity contribution is -0.0321. The van der Waals surface area contributed by atoms with E-state index in [0.717, 1.165) is 32.1 Å². The van der Waals surface area contributed by atoms with Crippen molar-refractivity contribution in [3.05, 3.63) is 34.6 Å². The first kappa shape index (κ1) is 14.5. The third-order valence-corrected chi connectivity index (χ3v) is 5.97. The van der Waals surface area contributed by atoms with Crippen molar-refractivity contribution >= 4 is 17.5 Å². The first-order valence-corrected chi connectivity index (χ1v) is 8.31. The van der Waals surface area contributed by atoms with Crippen LogP contribution in [-0.2, 0) is 0 Å². The molecule has 2 unspecified atom stereocenters. The minimum absolute atomic E-state index is 0.0199. The molecule has 22 heavy (non-hydrogen) atoms. The number of benzene rings is 1. The van der Waals surface area contributed by atoms with Crippen LogP contribution < -0.4 is 11.1 Å². The lowest BCUT2D eigenvalue weighted by Crippen LogP contribution is -2.68. The number of nitrogens with one attached hydrogen (secondary N) is 1. The largest absolute Gasteiger partial charge is 0.346 e. The summed E-state index contributed by atoms with van der Waals surface area (Å²) in [7, 11) is 0. The van der Waals surface area contributed by atoms with Crippen molar-refractivity contribution in [1.82, 2.24) is 5.32 Å². The fourth-order valence-corrected chi connectivity index (χ4v) is 5.64. The molecule has 1 aromatic carbocycles. The normalized spacial score (nSPS) is 39.0. The number of carbonyl (C=O) groups excluding carboxylic acids is 1. The predicted molar refractivity (Wildman–Crippen MR) is 83.2 cm³/mol. The number of hydrogen-bond donors (Lipinski definition) is 2. The Morgan fingerprint density at radius 2 is 1.95 bits per heavy atom. The van der Waals surface area contributed by atoms with Gasteiger partial charge in [0.25, 0.3) is 5.91 Å². The van der Waals surface area contributed by atoms with Crippen LogP contribution in [0.3, 0.4) is 0 Å². The Labute approximate surface area is 134 Å². The van der Waals surface area contributed by atoms with E-state index in [1.807, 2.05) is 0 Å². The maximum Gasteiger partial charge on any atom is 0.254 e. The molecular weight excluding hydrogens is 303 g/mol. The molecule has 5 rings (SSSR count). The van der Waals surface area contributed by atoms with E-state index < -0.39 is 5.82 Å². The minimum Gasteiger partial charge on any atom is -0.346 e. The summed E-state index contributed by atoms with van der Waals surface area (Å²) in [6, 6.07) is 4.53. The van der Waals surface area contributed by atoms with Gasteiger partial charge in [0.15, 0.2) is 5.82 Å². The van der Waals surface area contributed by atoms with Crippen LogP contribution >= 0.6 is 11.6 Å². The second kappa shape index (κ2) is 4.68. The van der Waals surface area contributed by atoms with Gasteiger partial charge in [-0.2, -0.15) is 0 Å². The molecule has 0 heterocycles. The van der Waals surface area contributed by atoms with Gasteiger partial charge in [0.05, 0.1) is 10.6 Å². The summed E-state index contributed by atoms with van der Waals surface area (Å²) in [4.78, 5) is 12.6. The van der Waals surface area contributed by atoms with Crippen LogP contribution in [0.25, 0.3) is 0 Å². The SMILES string of the molecule is NC12CC3CC(C1)CC(NC(=O)c1cccc(Cl)c1F)(C3)C2. The Kier molecular flexibility index (Phi) is 3.08. The third-order valence-electron chi connectivity index (χ3n) is 5.68. The molecule has 1 aromatic rings. The molecule has 4 saturated carbocycles. The molecule has 4 aliphatic rings. The van der Waals surface area contributed by atoms with Crippen LogP contribution in [0.1, 0.15) is 48.9 Å². The molecule has 0 aliphatic heterocycles. The second-order valence-corrected chi connectivity index (χ2v) is 8.07. The monoisotopic (exact) mass is 322 g/mol. The van der Waals surface area contributed by atoms with Crippen molar-refractivity contribution in [2.45, 2.75) is 49.6 Å². The van der Waals surface area contributed by atoms with Gasteiger partial charge in [-0.3, -0.25) is 4.79 Å². The van der Waals surface area contributed by atoms with Crippen LogP contribution in [-0.4, -0.2) is 17.0 Å². The van der Waals surface area contributed by atoms with E-state index in [2.05, 4.69) is 5.32 Å². The molecule has 0 saturated heterocycles. The summed E-state index contributed by atoms with van der Waals surface area (Å²) in [5.41, 5.74) is 6.14. The number of amides is 1. The summed E-state index contributed by atoms with van der Waals surface area (Å²) >= 11 is 5.78. The number of hydrogen-bond acceptors (Lipinski definition) is 2. The zero-order chi connectivity index (χ0) is 15.5. The zero-order valence-corrected chi connectivity index (χ0v) is 13.1. The highest BCUT2D eigenvalue weighted by Crippen LogP contribution is 2.56. The van der Waals surface area contributed by atoms with Crippen molar-refractivity contribution in [3.8, 4) is 0 Å². The van der Waals surface area contributed by atoms with Gasteiger partial charge >= 0.3 is 0 Å². The molecule has 0 radical (unpaired) electrons. The van der Waals surface area contributed by atoms with E-state index in [0.29, 0.717) is 11.8 Å². The third kappa shape index (κ3) is 2.24. The molecule has 4 fully saturated rings. The maximum absolute atomic E-state index is 14.1. The fraction of sp³-hybridized carbons (Fsp3) is 0.588. The predicted octanol–water partition coefficient (Wildman–Crippen LogP) is 3.26.